The summed E-state index contributed by atoms with van der Waals surface area (Å²) in [6.07, 6.45) is 0. The number of nitrogens with zero attached hydrogens (tertiary/aromatic N) is 1. The lowest BCUT2D eigenvalue weighted by Gasteiger charge is -2.17. The molecular weight excluding hydrogens is 398 g/mol. The minimum absolute atomic E-state index is 0.0154. The van der Waals surface area contributed by atoms with Gasteiger partial charge >= 0.3 is 0 Å². The van der Waals surface area contributed by atoms with Gasteiger partial charge in [-0.15, -0.1) is 0 Å². The van der Waals surface area contributed by atoms with Crippen LogP contribution in [0, 0.1) is 0 Å². The van der Waals surface area contributed by atoms with Crippen molar-refractivity contribution in [2.24, 2.45) is 5.14 Å². The molecule has 0 fully saturated rings. The molecule has 156 valence electrons. The molecule has 0 atom stereocenters. The number of primary sulfonamides is 1. The Morgan fingerprint density at radius 3 is 2.27 bits per heavy atom. The van der Waals surface area contributed by atoms with Crippen molar-refractivity contribution >= 4 is 15.9 Å². The summed E-state index contributed by atoms with van der Waals surface area (Å²) in [4.78, 5) is 14.8. The van der Waals surface area contributed by atoms with Gasteiger partial charge in [0.2, 0.25) is 10.0 Å². The van der Waals surface area contributed by atoms with Crippen LogP contribution in [-0.2, 0) is 29.7 Å². The first kappa shape index (κ1) is 21.7. The zero-order chi connectivity index (χ0) is 21.6. The van der Waals surface area contributed by atoms with Gasteiger partial charge in [-0.25, -0.2) is 13.6 Å². The van der Waals surface area contributed by atoms with E-state index in [1.807, 2.05) is 43.4 Å². The van der Waals surface area contributed by atoms with E-state index in [0.717, 1.165) is 12.1 Å². The van der Waals surface area contributed by atoms with Gasteiger partial charge in [0, 0.05) is 25.2 Å². The number of hydrogen-bond donors (Lipinski definition) is 2. The van der Waals surface area contributed by atoms with E-state index in [9.17, 15) is 13.2 Å². The summed E-state index contributed by atoms with van der Waals surface area (Å²) in [5, 5.41) is 8.03. The topological polar surface area (TPSA) is 92.5 Å². The van der Waals surface area contributed by atoms with Crippen LogP contribution in [0.1, 0.15) is 27.0 Å². The molecule has 6 nitrogen and oxygen atoms in total. The van der Waals surface area contributed by atoms with Crippen LogP contribution in [0.4, 0.5) is 0 Å². The molecule has 3 aromatic carbocycles. The lowest BCUT2D eigenvalue weighted by atomic mass is 10.1. The summed E-state index contributed by atoms with van der Waals surface area (Å²) in [6.45, 7) is 1.58. The fourth-order valence-electron chi connectivity index (χ4n) is 3.28. The monoisotopic (exact) mass is 423 g/mol. The molecule has 0 aromatic heterocycles. The van der Waals surface area contributed by atoms with E-state index in [1.54, 1.807) is 24.3 Å². The predicted molar refractivity (Wildman–Crippen MR) is 117 cm³/mol. The third-order valence-corrected chi connectivity index (χ3v) is 5.67. The first-order valence-electron chi connectivity index (χ1n) is 9.53. The summed E-state index contributed by atoms with van der Waals surface area (Å²) in [7, 11) is -1.82. The summed E-state index contributed by atoms with van der Waals surface area (Å²) in [5.74, 6) is -0.271. The highest BCUT2D eigenvalue weighted by molar-refractivity contribution is 7.89. The normalized spacial score (nSPS) is 11.4. The smallest absolute Gasteiger partial charge is 0.251 e. The largest absolute Gasteiger partial charge is 0.348 e. The van der Waals surface area contributed by atoms with Gasteiger partial charge < -0.3 is 5.32 Å². The number of sulfonamides is 1. The first-order valence-corrected chi connectivity index (χ1v) is 11.1. The quantitative estimate of drug-likeness (QED) is 0.583. The van der Waals surface area contributed by atoms with Crippen LogP contribution in [0.2, 0.25) is 0 Å². The fourth-order valence-corrected chi connectivity index (χ4v) is 4.05. The second-order valence-corrected chi connectivity index (χ2v) is 8.72. The number of carbonyl (C=O) groups excluding carboxylic acids is 1. The average molecular weight is 424 g/mol. The minimum atomic E-state index is -3.85. The van der Waals surface area contributed by atoms with Crippen molar-refractivity contribution in [3.63, 3.8) is 0 Å². The highest BCUT2D eigenvalue weighted by Gasteiger charge is 2.14. The summed E-state index contributed by atoms with van der Waals surface area (Å²) >= 11 is 0. The average Bonchev–Trinajstić information content (AvgIpc) is 2.72. The molecule has 0 aliphatic rings. The van der Waals surface area contributed by atoms with Crippen LogP contribution < -0.4 is 10.5 Å². The Bertz CT molecular complexity index is 1120. The fraction of sp³-hybridized carbons (Fsp3) is 0.174. The Morgan fingerprint density at radius 1 is 0.900 bits per heavy atom. The van der Waals surface area contributed by atoms with E-state index in [2.05, 4.69) is 22.3 Å². The third-order valence-electron chi connectivity index (χ3n) is 4.66. The van der Waals surface area contributed by atoms with Crippen molar-refractivity contribution in [2.75, 3.05) is 7.05 Å². The van der Waals surface area contributed by atoms with Crippen LogP contribution in [0.25, 0.3) is 0 Å². The second kappa shape index (κ2) is 9.67. The number of carbonyl (C=O) groups is 1. The van der Waals surface area contributed by atoms with E-state index in [0.29, 0.717) is 17.7 Å². The summed E-state index contributed by atoms with van der Waals surface area (Å²) in [6, 6.07) is 24.0. The van der Waals surface area contributed by atoms with Crippen LogP contribution in [0.5, 0.6) is 0 Å². The molecule has 3 aromatic rings. The SMILES string of the molecule is CN(Cc1ccccc1)Cc1cccc(C(=O)NCc2ccccc2S(N)(=O)=O)c1. The van der Waals surface area contributed by atoms with Gasteiger partial charge in [-0.2, -0.15) is 0 Å². The van der Waals surface area contributed by atoms with Crippen LogP contribution in [-0.4, -0.2) is 26.3 Å². The highest BCUT2D eigenvalue weighted by atomic mass is 32.2. The van der Waals surface area contributed by atoms with Gasteiger partial charge in [-0.1, -0.05) is 60.7 Å². The Hall–Kier alpha value is -3.00. The molecule has 0 radical (unpaired) electrons. The van der Waals surface area contributed by atoms with E-state index >= 15 is 0 Å². The third kappa shape index (κ3) is 6.00. The van der Waals surface area contributed by atoms with Crippen molar-refractivity contribution in [2.45, 2.75) is 24.5 Å². The highest BCUT2D eigenvalue weighted by Crippen LogP contribution is 2.14. The standard InChI is InChI=1S/C23H25N3O3S/c1-26(16-18-8-3-2-4-9-18)17-19-10-7-12-20(14-19)23(27)25-15-21-11-5-6-13-22(21)30(24,28)29/h2-14H,15-17H2,1H3,(H,25,27)(H2,24,28,29). The van der Waals surface area contributed by atoms with E-state index < -0.39 is 10.0 Å². The number of amides is 1. The Kier molecular flexibility index (Phi) is 6.99. The molecule has 0 aliphatic carbocycles. The van der Waals surface area contributed by atoms with Crippen molar-refractivity contribution in [3.05, 3.63) is 101 Å². The predicted octanol–water partition coefficient (Wildman–Crippen LogP) is 2.90. The molecule has 0 unspecified atom stereocenters. The van der Waals surface area contributed by atoms with Gasteiger partial charge in [0.1, 0.15) is 0 Å². The van der Waals surface area contributed by atoms with E-state index in [-0.39, 0.29) is 17.3 Å². The molecule has 7 heteroatoms. The van der Waals surface area contributed by atoms with Gasteiger partial charge in [0.15, 0.2) is 0 Å². The number of nitrogens with two attached hydrogens (primary N) is 1. The first-order chi connectivity index (χ1) is 14.3. The molecule has 0 aliphatic heterocycles. The molecule has 0 saturated carbocycles. The van der Waals surface area contributed by atoms with Crippen molar-refractivity contribution < 1.29 is 13.2 Å². The number of rotatable bonds is 8. The van der Waals surface area contributed by atoms with Gasteiger partial charge in [0.25, 0.3) is 5.91 Å². The lowest BCUT2D eigenvalue weighted by molar-refractivity contribution is 0.0950. The number of benzene rings is 3. The zero-order valence-corrected chi connectivity index (χ0v) is 17.6. The minimum Gasteiger partial charge on any atom is -0.348 e. The summed E-state index contributed by atoms with van der Waals surface area (Å²) < 4.78 is 23.4. The van der Waals surface area contributed by atoms with Crippen molar-refractivity contribution in [1.82, 2.24) is 10.2 Å². The Morgan fingerprint density at radius 2 is 1.53 bits per heavy atom. The maximum Gasteiger partial charge on any atom is 0.251 e. The maximum atomic E-state index is 12.6. The molecule has 0 bridgehead atoms. The molecule has 3 N–H and O–H groups in total. The number of hydrogen-bond acceptors (Lipinski definition) is 4. The molecule has 0 heterocycles. The molecular formula is C23H25N3O3S. The van der Waals surface area contributed by atoms with Gasteiger partial charge in [-0.3, -0.25) is 9.69 Å². The van der Waals surface area contributed by atoms with E-state index in [4.69, 9.17) is 5.14 Å². The zero-order valence-electron chi connectivity index (χ0n) is 16.8. The molecule has 1 amide bonds. The molecule has 0 saturated heterocycles. The van der Waals surface area contributed by atoms with Crippen LogP contribution >= 0.6 is 0 Å². The summed E-state index contributed by atoms with van der Waals surface area (Å²) in [5.41, 5.74) is 3.22. The van der Waals surface area contributed by atoms with E-state index in [1.165, 1.54) is 11.6 Å². The maximum absolute atomic E-state index is 12.6. The Labute approximate surface area is 177 Å². The van der Waals surface area contributed by atoms with Gasteiger partial charge in [0.05, 0.1) is 4.90 Å². The van der Waals surface area contributed by atoms with Crippen LogP contribution in [0.3, 0.4) is 0 Å². The van der Waals surface area contributed by atoms with Crippen LogP contribution in [0.15, 0.2) is 83.8 Å². The molecule has 30 heavy (non-hydrogen) atoms. The lowest BCUT2D eigenvalue weighted by Crippen LogP contribution is -2.25. The Balaban J connectivity index is 1.64. The molecule has 0 spiro atoms. The van der Waals surface area contributed by atoms with Gasteiger partial charge in [-0.05, 0) is 41.9 Å². The van der Waals surface area contributed by atoms with Crippen molar-refractivity contribution in [1.29, 1.82) is 0 Å². The van der Waals surface area contributed by atoms with Crippen molar-refractivity contribution in [3.8, 4) is 0 Å². The number of nitrogens with one attached hydrogen (secondary N) is 1. The molecule has 3 rings (SSSR count). The second-order valence-electron chi connectivity index (χ2n) is 7.19.